The Morgan fingerprint density at radius 3 is 2.50 bits per heavy atom. The van der Waals surface area contributed by atoms with Crippen LogP contribution in [0.5, 0.6) is 0 Å². The van der Waals surface area contributed by atoms with Crippen molar-refractivity contribution in [2.75, 3.05) is 6.67 Å². The van der Waals surface area contributed by atoms with Crippen LogP contribution in [-0.4, -0.2) is 29.6 Å². The molecule has 3 nitrogen and oxygen atoms in total. The maximum atomic E-state index is 11.5. The second kappa shape index (κ2) is 2.22. The van der Waals surface area contributed by atoms with Crippen LogP contribution in [0.4, 0.5) is 0 Å². The van der Waals surface area contributed by atoms with Crippen LogP contribution in [-0.2, 0) is 4.79 Å². The van der Waals surface area contributed by atoms with E-state index in [2.05, 4.69) is 19.2 Å². The average molecular weight is 168 g/mol. The highest BCUT2D eigenvalue weighted by molar-refractivity contribution is 5.84. The third-order valence-corrected chi connectivity index (χ3v) is 3.06. The SMILES string of the molecule is CC1NCN(C2CC2(C)C)C1=O. The van der Waals surface area contributed by atoms with E-state index in [1.165, 1.54) is 0 Å². The molecular formula is C9H16N2O. The molecule has 0 bridgehead atoms. The predicted molar refractivity (Wildman–Crippen MR) is 46.5 cm³/mol. The monoisotopic (exact) mass is 168 g/mol. The third kappa shape index (κ3) is 1.04. The first kappa shape index (κ1) is 8.05. The number of carbonyl (C=O) groups excluding carboxylic acids is 1. The number of amides is 1. The molecule has 2 atom stereocenters. The fourth-order valence-electron chi connectivity index (χ4n) is 1.88. The van der Waals surface area contributed by atoms with Gasteiger partial charge in [0.05, 0.1) is 12.7 Å². The number of rotatable bonds is 1. The largest absolute Gasteiger partial charge is 0.325 e. The summed E-state index contributed by atoms with van der Waals surface area (Å²) in [4.78, 5) is 13.5. The van der Waals surface area contributed by atoms with E-state index in [0.717, 1.165) is 13.1 Å². The van der Waals surface area contributed by atoms with Crippen molar-refractivity contribution in [1.82, 2.24) is 10.2 Å². The number of hydrogen-bond acceptors (Lipinski definition) is 2. The fourth-order valence-corrected chi connectivity index (χ4v) is 1.88. The highest BCUT2D eigenvalue weighted by atomic mass is 16.2. The fraction of sp³-hybridized carbons (Fsp3) is 0.889. The molecule has 0 spiro atoms. The third-order valence-electron chi connectivity index (χ3n) is 3.06. The van der Waals surface area contributed by atoms with Gasteiger partial charge in [-0.2, -0.15) is 0 Å². The van der Waals surface area contributed by atoms with E-state index in [0.29, 0.717) is 11.5 Å². The number of nitrogens with one attached hydrogen (secondary N) is 1. The first-order chi connectivity index (χ1) is 5.52. The minimum absolute atomic E-state index is 0.0291. The van der Waals surface area contributed by atoms with Gasteiger partial charge in [-0.05, 0) is 18.8 Å². The van der Waals surface area contributed by atoms with Gasteiger partial charge in [0, 0.05) is 6.04 Å². The van der Waals surface area contributed by atoms with Gasteiger partial charge in [0.25, 0.3) is 0 Å². The lowest BCUT2D eigenvalue weighted by Crippen LogP contribution is -2.32. The van der Waals surface area contributed by atoms with Gasteiger partial charge in [-0.15, -0.1) is 0 Å². The lowest BCUT2D eigenvalue weighted by atomic mass is 10.2. The molecule has 1 aliphatic carbocycles. The maximum Gasteiger partial charge on any atom is 0.240 e. The Balaban J connectivity index is 2.04. The highest BCUT2D eigenvalue weighted by Crippen LogP contribution is 2.48. The molecule has 0 aromatic heterocycles. The Morgan fingerprint density at radius 2 is 2.17 bits per heavy atom. The zero-order valence-corrected chi connectivity index (χ0v) is 7.92. The van der Waals surface area contributed by atoms with Gasteiger partial charge in [-0.3, -0.25) is 10.1 Å². The Kier molecular flexibility index (Phi) is 1.49. The lowest BCUT2D eigenvalue weighted by Gasteiger charge is -2.16. The van der Waals surface area contributed by atoms with Crippen LogP contribution in [0.3, 0.4) is 0 Å². The molecule has 0 radical (unpaired) electrons. The second-order valence-electron chi connectivity index (χ2n) is 4.60. The van der Waals surface area contributed by atoms with E-state index in [1.54, 1.807) is 0 Å². The van der Waals surface area contributed by atoms with E-state index in [-0.39, 0.29) is 11.9 Å². The van der Waals surface area contributed by atoms with Crippen molar-refractivity contribution in [2.24, 2.45) is 5.41 Å². The molecule has 1 saturated carbocycles. The van der Waals surface area contributed by atoms with Crippen molar-refractivity contribution >= 4 is 5.91 Å². The molecule has 2 fully saturated rings. The molecule has 1 heterocycles. The summed E-state index contributed by atoms with van der Waals surface area (Å²) in [5, 5.41) is 3.15. The second-order valence-corrected chi connectivity index (χ2v) is 4.60. The summed E-state index contributed by atoms with van der Waals surface area (Å²) in [6.07, 6.45) is 1.16. The van der Waals surface area contributed by atoms with E-state index < -0.39 is 0 Å². The Hall–Kier alpha value is -0.570. The lowest BCUT2D eigenvalue weighted by molar-refractivity contribution is -0.129. The number of hydrogen-bond donors (Lipinski definition) is 1. The van der Waals surface area contributed by atoms with Gasteiger partial charge in [-0.25, -0.2) is 0 Å². The normalized spacial score (nSPS) is 38.9. The smallest absolute Gasteiger partial charge is 0.240 e. The van der Waals surface area contributed by atoms with Crippen LogP contribution < -0.4 is 5.32 Å². The van der Waals surface area contributed by atoms with E-state index in [9.17, 15) is 4.79 Å². The van der Waals surface area contributed by atoms with E-state index >= 15 is 0 Å². The van der Waals surface area contributed by atoms with Gasteiger partial charge in [0.1, 0.15) is 0 Å². The molecule has 0 aromatic rings. The molecule has 68 valence electrons. The molecule has 2 unspecified atom stereocenters. The zero-order chi connectivity index (χ0) is 8.93. The van der Waals surface area contributed by atoms with Gasteiger partial charge in [0.2, 0.25) is 5.91 Å². The van der Waals surface area contributed by atoms with Gasteiger partial charge < -0.3 is 4.90 Å². The predicted octanol–water partition coefficient (Wildman–Crippen LogP) is 0.563. The summed E-state index contributed by atoms with van der Waals surface area (Å²) >= 11 is 0. The molecule has 2 aliphatic rings. The van der Waals surface area contributed by atoms with Crippen molar-refractivity contribution in [3.63, 3.8) is 0 Å². The van der Waals surface area contributed by atoms with E-state index in [1.807, 2.05) is 11.8 Å². The maximum absolute atomic E-state index is 11.5. The average Bonchev–Trinajstić information content (AvgIpc) is 2.47. The molecular weight excluding hydrogens is 152 g/mol. The van der Waals surface area contributed by atoms with Gasteiger partial charge >= 0.3 is 0 Å². The topological polar surface area (TPSA) is 32.3 Å². The summed E-state index contributed by atoms with van der Waals surface area (Å²) in [6, 6.07) is 0.517. The summed E-state index contributed by atoms with van der Waals surface area (Å²) in [5.74, 6) is 0.269. The van der Waals surface area contributed by atoms with Crippen molar-refractivity contribution < 1.29 is 4.79 Å². The molecule has 1 aliphatic heterocycles. The summed E-state index contributed by atoms with van der Waals surface area (Å²) in [7, 11) is 0. The Labute approximate surface area is 73.1 Å². The van der Waals surface area contributed by atoms with Crippen LogP contribution in [0, 0.1) is 5.41 Å². The molecule has 0 aromatic carbocycles. The Bertz CT molecular complexity index is 225. The summed E-state index contributed by atoms with van der Waals surface area (Å²) in [5.41, 5.74) is 0.363. The number of carbonyl (C=O) groups is 1. The number of nitrogens with zero attached hydrogens (tertiary/aromatic N) is 1. The van der Waals surface area contributed by atoms with Crippen LogP contribution >= 0.6 is 0 Å². The first-order valence-electron chi connectivity index (χ1n) is 4.56. The van der Waals surface area contributed by atoms with Crippen LogP contribution in [0.1, 0.15) is 27.2 Å². The molecule has 3 heteroatoms. The van der Waals surface area contributed by atoms with Crippen molar-refractivity contribution in [1.29, 1.82) is 0 Å². The van der Waals surface area contributed by atoms with Crippen LogP contribution in [0.25, 0.3) is 0 Å². The minimum atomic E-state index is 0.0291. The highest BCUT2D eigenvalue weighted by Gasteiger charge is 2.52. The van der Waals surface area contributed by atoms with Crippen LogP contribution in [0.2, 0.25) is 0 Å². The first-order valence-corrected chi connectivity index (χ1v) is 4.56. The van der Waals surface area contributed by atoms with Crippen molar-refractivity contribution in [2.45, 2.75) is 39.3 Å². The molecule has 1 N–H and O–H groups in total. The molecule has 2 rings (SSSR count). The molecule has 1 saturated heterocycles. The van der Waals surface area contributed by atoms with Crippen molar-refractivity contribution in [3.8, 4) is 0 Å². The zero-order valence-electron chi connectivity index (χ0n) is 7.92. The molecule has 12 heavy (non-hydrogen) atoms. The quantitative estimate of drug-likeness (QED) is 0.620. The van der Waals surface area contributed by atoms with Crippen molar-refractivity contribution in [3.05, 3.63) is 0 Å². The standard InChI is InChI=1S/C9H16N2O/c1-6-8(12)11(5-10-6)7-4-9(7,2)3/h6-7,10H,4-5H2,1-3H3. The minimum Gasteiger partial charge on any atom is -0.325 e. The molecule has 1 amide bonds. The Morgan fingerprint density at radius 1 is 1.58 bits per heavy atom. The van der Waals surface area contributed by atoms with E-state index in [4.69, 9.17) is 0 Å². The van der Waals surface area contributed by atoms with Crippen LogP contribution in [0.15, 0.2) is 0 Å². The van der Waals surface area contributed by atoms with Gasteiger partial charge in [-0.1, -0.05) is 13.8 Å². The van der Waals surface area contributed by atoms with Gasteiger partial charge in [0.15, 0.2) is 0 Å². The summed E-state index contributed by atoms with van der Waals surface area (Å²) in [6.45, 7) is 7.10. The summed E-state index contributed by atoms with van der Waals surface area (Å²) < 4.78 is 0.